The van der Waals surface area contributed by atoms with Crippen LogP contribution in [0, 0.1) is 5.41 Å². The third kappa shape index (κ3) is 5.76. The minimum atomic E-state index is -0.737. The number of ketones is 1. The zero-order valence-corrected chi connectivity index (χ0v) is 17.0. The van der Waals surface area contributed by atoms with Crippen molar-refractivity contribution in [2.24, 2.45) is 5.41 Å². The summed E-state index contributed by atoms with van der Waals surface area (Å²) in [5, 5.41) is 0. The Labute approximate surface area is 163 Å². The van der Waals surface area contributed by atoms with Gasteiger partial charge in [0.1, 0.15) is 18.0 Å². The topological polar surface area (TPSA) is 61.8 Å². The Bertz CT molecular complexity index is 567. The highest BCUT2D eigenvalue weighted by Gasteiger charge is 2.55. The van der Waals surface area contributed by atoms with Crippen molar-refractivity contribution in [3.8, 4) is 0 Å². The van der Waals surface area contributed by atoms with E-state index >= 15 is 0 Å². The summed E-state index contributed by atoms with van der Waals surface area (Å²) >= 11 is 0. The van der Waals surface area contributed by atoms with Crippen LogP contribution in [0.15, 0.2) is 25.3 Å². The predicted molar refractivity (Wildman–Crippen MR) is 104 cm³/mol. The average Bonchev–Trinajstić information content (AvgIpc) is 2.90. The van der Waals surface area contributed by atoms with E-state index in [0.29, 0.717) is 32.1 Å². The van der Waals surface area contributed by atoms with Gasteiger partial charge in [-0.1, -0.05) is 19.1 Å². The standard InChI is InChI=1S/C22H34O5/c1-6-8-10-11-13-19(24)25-16-14-22(5,18(23)12-9-7-2)15-17-20(16)27-21(3,4)26-17/h6-7,16-17,20H,1-2,8-15H2,3-5H3/t16-,17-,20+,22+/m1/s1. The Morgan fingerprint density at radius 1 is 1.04 bits per heavy atom. The minimum Gasteiger partial charge on any atom is -0.459 e. The molecule has 0 radical (unpaired) electrons. The van der Waals surface area contributed by atoms with Gasteiger partial charge in [-0.2, -0.15) is 0 Å². The SMILES string of the molecule is C=CCCCCC(=O)O[C@@H]1C[C@](C)(C(=O)CCC=C)C[C@H]2OC(C)(C)O[C@@H]12. The summed E-state index contributed by atoms with van der Waals surface area (Å²) in [6, 6.07) is 0. The van der Waals surface area contributed by atoms with Crippen LogP contribution in [0.3, 0.4) is 0 Å². The number of carbonyl (C=O) groups excluding carboxylic acids is 2. The molecule has 0 aromatic heterocycles. The van der Waals surface area contributed by atoms with Crippen LogP contribution in [0.2, 0.25) is 0 Å². The van der Waals surface area contributed by atoms with Gasteiger partial charge in [0.25, 0.3) is 0 Å². The summed E-state index contributed by atoms with van der Waals surface area (Å²) in [6.45, 7) is 13.1. The highest BCUT2D eigenvalue weighted by Crippen LogP contribution is 2.46. The van der Waals surface area contributed by atoms with E-state index in [4.69, 9.17) is 14.2 Å². The van der Waals surface area contributed by atoms with Gasteiger partial charge in [-0.3, -0.25) is 9.59 Å². The molecule has 1 saturated carbocycles. The van der Waals surface area contributed by atoms with E-state index in [9.17, 15) is 9.59 Å². The molecule has 0 aromatic carbocycles. The summed E-state index contributed by atoms with van der Waals surface area (Å²) in [5.41, 5.74) is -0.582. The van der Waals surface area contributed by atoms with Gasteiger partial charge in [-0.05, 0) is 52.4 Å². The monoisotopic (exact) mass is 378 g/mol. The molecule has 1 saturated heterocycles. The zero-order valence-electron chi connectivity index (χ0n) is 17.0. The van der Waals surface area contributed by atoms with E-state index in [-0.39, 0.29) is 24.0 Å². The quantitative estimate of drug-likeness (QED) is 0.318. The Hall–Kier alpha value is -1.46. The third-order valence-electron chi connectivity index (χ3n) is 5.46. The number of esters is 1. The first-order valence-electron chi connectivity index (χ1n) is 10.0. The minimum absolute atomic E-state index is 0.168. The van der Waals surface area contributed by atoms with Gasteiger partial charge >= 0.3 is 5.97 Å². The van der Waals surface area contributed by atoms with Crippen LogP contribution in [0.25, 0.3) is 0 Å². The smallest absolute Gasteiger partial charge is 0.306 e. The summed E-state index contributed by atoms with van der Waals surface area (Å²) in [6.07, 6.45) is 7.68. The molecule has 4 atom stereocenters. The number of rotatable bonds is 10. The molecule has 2 fully saturated rings. The van der Waals surface area contributed by atoms with E-state index in [0.717, 1.165) is 19.3 Å². The molecule has 2 aliphatic rings. The van der Waals surface area contributed by atoms with Gasteiger partial charge in [0.05, 0.1) is 6.10 Å². The first-order chi connectivity index (χ1) is 12.7. The molecule has 0 N–H and O–H groups in total. The Balaban J connectivity index is 2.07. The predicted octanol–water partition coefficient (Wildman–Crippen LogP) is 4.50. The highest BCUT2D eigenvalue weighted by molar-refractivity contribution is 5.85. The van der Waals surface area contributed by atoms with Crippen LogP contribution in [0.4, 0.5) is 0 Å². The molecule has 27 heavy (non-hydrogen) atoms. The molecule has 152 valence electrons. The molecule has 1 aliphatic heterocycles. The second-order valence-corrected chi connectivity index (χ2v) is 8.42. The van der Waals surface area contributed by atoms with Gasteiger partial charge in [-0.25, -0.2) is 0 Å². The maximum atomic E-state index is 12.8. The lowest BCUT2D eigenvalue weighted by Crippen LogP contribution is -2.51. The molecule has 1 aliphatic carbocycles. The van der Waals surface area contributed by atoms with Crippen LogP contribution < -0.4 is 0 Å². The van der Waals surface area contributed by atoms with E-state index in [1.54, 1.807) is 6.08 Å². The van der Waals surface area contributed by atoms with Gasteiger partial charge in [-0.15, -0.1) is 13.2 Å². The normalized spacial score (nSPS) is 31.7. The fourth-order valence-corrected chi connectivity index (χ4v) is 4.08. The van der Waals surface area contributed by atoms with Crippen molar-refractivity contribution >= 4 is 11.8 Å². The molecule has 5 nitrogen and oxygen atoms in total. The number of Topliss-reactive ketones (excluding diaryl/α,β-unsaturated/α-hetero) is 1. The Morgan fingerprint density at radius 2 is 1.74 bits per heavy atom. The van der Waals surface area contributed by atoms with E-state index < -0.39 is 17.3 Å². The number of unbranched alkanes of at least 4 members (excludes halogenated alkanes) is 2. The summed E-state index contributed by atoms with van der Waals surface area (Å²) in [7, 11) is 0. The van der Waals surface area contributed by atoms with Crippen LogP contribution in [-0.4, -0.2) is 35.9 Å². The summed E-state index contributed by atoms with van der Waals surface area (Å²) in [4.78, 5) is 25.1. The molecular formula is C22H34O5. The summed E-state index contributed by atoms with van der Waals surface area (Å²) < 4.78 is 17.8. The molecule has 5 heteroatoms. The lowest BCUT2D eigenvalue weighted by molar-refractivity contribution is -0.174. The third-order valence-corrected chi connectivity index (χ3v) is 5.46. The fourth-order valence-electron chi connectivity index (χ4n) is 4.08. The summed E-state index contributed by atoms with van der Waals surface area (Å²) in [5.74, 6) is -0.806. The van der Waals surface area contributed by atoms with Crippen molar-refractivity contribution in [1.82, 2.24) is 0 Å². The van der Waals surface area contributed by atoms with Crippen molar-refractivity contribution in [3.05, 3.63) is 25.3 Å². The van der Waals surface area contributed by atoms with Gasteiger partial charge in [0.2, 0.25) is 0 Å². The van der Waals surface area contributed by atoms with Crippen LogP contribution >= 0.6 is 0 Å². The molecule has 1 heterocycles. The number of carbonyl (C=O) groups is 2. The van der Waals surface area contributed by atoms with Crippen molar-refractivity contribution in [2.75, 3.05) is 0 Å². The largest absolute Gasteiger partial charge is 0.459 e. The van der Waals surface area contributed by atoms with Crippen molar-refractivity contribution < 1.29 is 23.8 Å². The molecule has 0 aromatic rings. The van der Waals surface area contributed by atoms with Gasteiger partial charge < -0.3 is 14.2 Å². The van der Waals surface area contributed by atoms with Crippen molar-refractivity contribution in [1.29, 1.82) is 0 Å². The van der Waals surface area contributed by atoms with Crippen molar-refractivity contribution in [2.45, 2.75) is 96.2 Å². The first-order valence-corrected chi connectivity index (χ1v) is 10.0. The Morgan fingerprint density at radius 3 is 2.41 bits per heavy atom. The number of ether oxygens (including phenoxy) is 3. The lowest BCUT2D eigenvalue weighted by Gasteiger charge is -2.41. The molecule has 0 amide bonds. The molecule has 2 rings (SSSR count). The Kier molecular flexibility index (Phi) is 7.40. The van der Waals surface area contributed by atoms with Gasteiger partial charge in [0.15, 0.2) is 5.79 Å². The maximum absolute atomic E-state index is 12.8. The van der Waals surface area contributed by atoms with E-state index in [1.165, 1.54) is 0 Å². The lowest BCUT2D eigenvalue weighted by atomic mass is 9.68. The first kappa shape index (κ1) is 21.8. The van der Waals surface area contributed by atoms with Crippen LogP contribution in [0.1, 0.15) is 72.1 Å². The zero-order chi connectivity index (χ0) is 20.1. The van der Waals surface area contributed by atoms with E-state index in [2.05, 4.69) is 13.2 Å². The second kappa shape index (κ2) is 9.16. The van der Waals surface area contributed by atoms with E-state index in [1.807, 2.05) is 26.8 Å². The second-order valence-electron chi connectivity index (χ2n) is 8.42. The van der Waals surface area contributed by atoms with Crippen molar-refractivity contribution in [3.63, 3.8) is 0 Å². The maximum Gasteiger partial charge on any atom is 0.306 e. The van der Waals surface area contributed by atoms with Crippen LogP contribution in [-0.2, 0) is 23.8 Å². The number of hydrogen-bond acceptors (Lipinski definition) is 5. The number of allylic oxidation sites excluding steroid dienone is 2. The fraction of sp³-hybridized carbons (Fsp3) is 0.727. The molecular weight excluding hydrogens is 344 g/mol. The van der Waals surface area contributed by atoms with Gasteiger partial charge in [0, 0.05) is 18.3 Å². The molecule has 0 unspecified atom stereocenters. The molecule has 0 bridgehead atoms. The van der Waals surface area contributed by atoms with Crippen LogP contribution in [0.5, 0.6) is 0 Å². The average molecular weight is 379 g/mol. The number of fused-ring (bicyclic) bond motifs is 1. The number of hydrogen-bond donors (Lipinski definition) is 0. The molecule has 0 spiro atoms. The highest BCUT2D eigenvalue weighted by atomic mass is 16.8.